The summed E-state index contributed by atoms with van der Waals surface area (Å²) in [5.74, 6) is 0.798. The molecule has 1 aromatic rings. The molecule has 5 nitrogen and oxygen atoms in total. The lowest BCUT2D eigenvalue weighted by Gasteiger charge is -2.04. The Hall–Kier alpha value is -1.20. The highest BCUT2D eigenvalue weighted by molar-refractivity contribution is 5.30. The second-order valence-electron chi connectivity index (χ2n) is 2.79. The van der Waals surface area contributed by atoms with Crippen LogP contribution in [0.5, 0.6) is 0 Å². The molecule has 0 amide bonds. The van der Waals surface area contributed by atoms with E-state index >= 15 is 0 Å². The van der Waals surface area contributed by atoms with E-state index in [2.05, 4.69) is 15.5 Å². The molecule has 5 heteroatoms. The van der Waals surface area contributed by atoms with Gasteiger partial charge in [0.05, 0.1) is 6.61 Å². The summed E-state index contributed by atoms with van der Waals surface area (Å²) < 4.78 is 5.22. The maximum atomic E-state index is 5.28. The lowest BCUT2D eigenvalue weighted by Crippen LogP contribution is -2.11. The summed E-state index contributed by atoms with van der Waals surface area (Å²) in [7, 11) is 0. The summed E-state index contributed by atoms with van der Waals surface area (Å²) in [5, 5.41) is 10.8. The van der Waals surface area contributed by atoms with Gasteiger partial charge in [-0.3, -0.25) is 0 Å². The van der Waals surface area contributed by atoms with Crippen molar-refractivity contribution in [1.82, 2.24) is 10.2 Å². The van der Waals surface area contributed by atoms with Crippen molar-refractivity contribution in [3.8, 4) is 0 Å². The van der Waals surface area contributed by atoms with Crippen LogP contribution in [0.1, 0.15) is 6.42 Å². The summed E-state index contributed by atoms with van der Waals surface area (Å²) in [6, 6.07) is 3.73. The molecule has 0 spiro atoms. The number of nitrogens with two attached hydrogens (primary N) is 1. The lowest BCUT2D eigenvalue weighted by molar-refractivity contribution is 0.141. The van der Waals surface area contributed by atoms with Crippen LogP contribution in [0.2, 0.25) is 0 Å². The highest BCUT2D eigenvalue weighted by Gasteiger charge is 1.91. The van der Waals surface area contributed by atoms with E-state index in [9.17, 15) is 0 Å². The number of hydrogen-bond acceptors (Lipinski definition) is 5. The van der Waals surface area contributed by atoms with Gasteiger partial charge in [-0.1, -0.05) is 0 Å². The van der Waals surface area contributed by atoms with E-state index in [1.165, 1.54) is 0 Å². The maximum absolute atomic E-state index is 5.28. The molecule has 0 aromatic carbocycles. The monoisotopic (exact) mass is 196 g/mol. The Bertz CT molecular complexity index is 230. The van der Waals surface area contributed by atoms with Crippen molar-refractivity contribution in [3.05, 3.63) is 18.3 Å². The minimum absolute atomic E-state index is 0.581. The van der Waals surface area contributed by atoms with Gasteiger partial charge in [0.15, 0.2) is 0 Å². The van der Waals surface area contributed by atoms with Gasteiger partial charge in [-0.15, -0.1) is 5.10 Å². The number of nitrogens with zero attached hydrogens (tertiary/aromatic N) is 2. The first kappa shape index (κ1) is 10.9. The molecule has 1 heterocycles. The molecule has 0 saturated carbocycles. The maximum Gasteiger partial charge on any atom is 0.148 e. The molecule has 1 aromatic heterocycles. The van der Waals surface area contributed by atoms with Gasteiger partial charge < -0.3 is 15.8 Å². The summed E-state index contributed by atoms with van der Waals surface area (Å²) in [4.78, 5) is 0. The van der Waals surface area contributed by atoms with E-state index in [1.54, 1.807) is 6.20 Å². The standard InChI is InChI=1S/C9H16N4O/c10-4-8-14-7-2-5-11-9-3-1-6-12-13-9/h1,3,6H,2,4-5,7-8,10H2,(H,11,13). The Morgan fingerprint density at radius 1 is 1.43 bits per heavy atom. The molecule has 0 aliphatic heterocycles. The SMILES string of the molecule is NCCOCCCNc1cccnn1. The number of hydrogen-bond donors (Lipinski definition) is 2. The molecule has 0 unspecified atom stereocenters. The van der Waals surface area contributed by atoms with Gasteiger partial charge in [-0.25, -0.2) is 0 Å². The molecule has 0 radical (unpaired) electrons. The molecule has 78 valence electrons. The molecule has 14 heavy (non-hydrogen) atoms. The summed E-state index contributed by atoms with van der Waals surface area (Å²) >= 11 is 0. The van der Waals surface area contributed by atoms with Gasteiger partial charge in [0.25, 0.3) is 0 Å². The Morgan fingerprint density at radius 3 is 3.07 bits per heavy atom. The Labute approximate surface area is 83.7 Å². The average molecular weight is 196 g/mol. The van der Waals surface area contributed by atoms with Crippen LogP contribution >= 0.6 is 0 Å². The molecular weight excluding hydrogens is 180 g/mol. The smallest absolute Gasteiger partial charge is 0.148 e. The van der Waals surface area contributed by atoms with Gasteiger partial charge in [0.1, 0.15) is 5.82 Å². The molecule has 0 aliphatic rings. The molecule has 0 saturated heterocycles. The van der Waals surface area contributed by atoms with Crippen molar-refractivity contribution >= 4 is 5.82 Å². The molecule has 0 aliphatic carbocycles. The van der Waals surface area contributed by atoms with Crippen LogP contribution < -0.4 is 11.1 Å². The van der Waals surface area contributed by atoms with Crippen molar-refractivity contribution in [1.29, 1.82) is 0 Å². The number of anilines is 1. The summed E-state index contributed by atoms with van der Waals surface area (Å²) in [6.07, 6.45) is 2.59. The van der Waals surface area contributed by atoms with Crippen LogP contribution in [0.25, 0.3) is 0 Å². The quantitative estimate of drug-likeness (QED) is 0.612. The van der Waals surface area contributed by atoms with Crippen LogP contribution in [0, 0.1) is 0 Å². The zero-order chi connectivity index (χ0) is 10.1. The van der Waals surface area contributed by atoms with Crippen LogP contribution in [-0.2, 0) is 4.74 Å². The van der Waals surface area contributed by atoms with Crippen molar-refractivity contribution in [2.45, 2.75) is 6.42 Å². The summed E-state index contributed by atoms with van der Waals surface area (Å²) in [5.41, 5.74) is 5.28. The number of rotatable bonds is 7. The first-order valence-electron chi connectivity index (χ1n) is 4.73. The fourth-order valence-corrected chi connectivity index (χ4v) is 0.972. The topological polar surface area (TPSA) is 73.1 Å². The predicted octanol–water partition coefficient (Wildman–Crippen LogP) is 0.254. The third-order valence-corrected chi connectivity index (χ3v) is 1.61. The first-order chi connectivity index (χ1) is 6.93. The van der Waals surface area contributed by atoms with Gasteiger partial charge in [0, 0.05) is 25.9 Å². The van der Waals surface area contributed by atoms with E-state index in [0.29, 0.717) is 13.2 Å². The van der Waals surface area contributed by atoms with Crippen LogP contribution in [0.3, 0.4) is 0 Å². The minimum atomic E-state index is 0.581. The molecule has 3 N–H and O–H groups in total. The fraction of sp³-hybridized carbons (Fsp3) is 0.556. The van der Waals surface area contributed by atoms with E-state index < -0.39 is 0 Å². The number of ether oxygens (including phenoxy) is 1. The van der Waals surface area contributed by atoms with Crippen LogP contribution in [0.15, 0.2) is 18.3 Å². The third-order valence-electron chi connectivity index (χ3n) is 1.61. The predicted molar refractivity (Wildman–Crippen MR) is 55.0 cm³/mol. The Balaban J connectivity index is 1.99. The highest BCUT2D eigenvalue weighted by atomic mass is 16.5. The van der Waals surface area contributed by atoms with E-state index in [4.69, 9.17) is 10.5 Å². The van der Waals surface area contributed by atoms with Crippen molar-refractivity contribution < 1.29 is 4.74 Å². The van der Waals surface area contributed by atoms with Gasteiger partial charge in [-0.2, -0.15) is 5.10 Å². The first-order valence-corrected chi connectivity index (χ1v) is 4.73. The zero-order valence-electron chi connectivity index (χ0n) is 8.15. The van der Waals surface area contributed by atoms with Gasteiger partial charge >= 0.3 is 0 Å². The Morgan fingerprint density at radius 2 is 2.36 bits per heavy atom. The zero-order valence-corrected chi connectivity index (χ0v) is 8.15. The van der Waals surface area contributed by atoms with Crippen molar-refractivity contribution in [2.75, 3.05) is 31.6 Å². The molecule has 0 fully saturated rings. The Kier molecular flexibility index (Phi) is 5.62. The van der Waals surface area contributed by atoms with Crippen LogP contribution in [-0.4, -0.2) is 36.5 Å². The number of nitrogens with one attached hydrogen (secondary N) is 1. The largest absolute Gasteiger partial charge is 0.380 e. The van der Waals surface area contributed by atoms with Gasteiger partial charge in [-0.05, 0) is 18.6 Å². The molecule has 0 atom stereocenters. The second-order valence-corrected chi connectivity index (χ2v) is 2.79. The van der Waals surface area contributed by atoms with E-state index in [-0.39, 0.29) is 0 Å². The normalized spacial score (nSPS) is 10.1. The number of aromatic nitrogens is 2. The molecular formula is C9H16N4O. The van der Waals surface area contributed by atoms with Crippen molar-refractivity contribution in [2.24, 2.45) is 5.73 Å². The summed E-state index contributed by atoms with van der Waals surface area (Å²) in [6.45, 7) is 2.77. The third kappa shape index (κ3) is 4.74. The molecule has 0 bridgehead atoms. The molecule has 1 rings (SSSR count). The van der Waals surface area contributed by atoms with Gasteiger partial charge in [0.2, 0.25) is 0 Å². The van der Waals surface area contributed by atoms with E-state index in [1.807, 2.05) is 12.1 Å². The van der Waals surface area contributed by atoms with E-state index in [0.717, 1.165) is 25.4 Å². The highest BCUT2D eigenvalue weighted by Crippen LogP contribution is 1.97. The average Bonchev–Trinajstić information content (AvgIpc) is 2.25. The van der Waals surface area contributed by atoms with Crippen LogP contribution in [0.4, 0.5) is 5.82 Å². The lowest BCUT2D eigenvalue weighted by atomic mass is 10.4. The fourth-order valence-electron chi connectivity index (χ4n) is 0.972. The van der Waals surface area contributed by atoms with Crippen molar-refractivity contribution in [3.63, 3.8) is 0 Å². The second kappa shape index (κ2) is 7.23. The minimum Gasteiger partial charge on any atom is -0.380 e.